The van der Waals surface area contributed by atoms with Crippen LogP contribution in [0.25, 0.3) is 0 Å². The number of amides is 1. The fraction of sp³-hybridized carbons (Fsp3) is 0.364. The maximum absolute atomic E-state index is 13.1. The molecule has 0 aromatic heterocycles. The second-order valence-corrected chi connectivity index (χ2v) is 12.0. The lowest BCUT2D eigenvalue weighted by molar-refractivity contribution is 0.0747. The summed E-state index contributed by atoms with van der Waals surface area (Å²) in [7, 11) is -3.00. The van der Waals surface area contributed by atoms with E-state index in [1.807, 2.05) is 23.1 Å². The summed E-state index contributed by atoms with van der Waals surface area (Å²) in [5, 5.41) is 4.29. The number of piperazine rings is 1. The molecule has 3 heterocycles. The first-order valence-corrected chi connectivity index (χ1v) is 13.6. The highest BCUT2D eigenvalue weighted by Gasteiger charge is 2.42. The summed E-state index contributed by atoms with van der Waals surface area (Å²) in [6.07, 6.45) is 0. The van der Waals surface area contributed by atoms with Gasteiger partial charge >= 0.3 is 0 Å². The lowest BCUT2D eigenvalue weighted by atomic mass is 10.1. The fourth-order valence-electron chi connectivity index (χ4n) is 4.27. The Labute approximate surface area is 196 Å². The topological polar surface area (TPSA) is 82.1 Å². The average Bonchev–Trinajstić information content (AvgIpc) is 3.28. The van der Waals surface area contributed by atoms with E-state index in [1.165, 1.54) is 17.4 Å². The Morgan fingerprint density at radius 3 is 2.53 bits per heavy atom. The van der Waals surface area contributed by atoms with Crippen molar-refractivity contribution < 1.29 is 13.2 Å². The molecule has 5 rings (SSSR count). The Kier molecular flexibility index (Phi) is 5.81. The van der Waals surface area contributed by atoms with Crippen molar-refractivity contribution in [1.82, 2.24) is 4.90 Å². The minimum absolute atomic E-state index is 0.0265. The molecule has 1 amide bonds. The number of anilines is 2. The zero-order valence-electron chi connectivity index (χ0n) is 17.3. The number of nitrogens with one attached hydrogen (secondary N) is 1. The highest BCUT2D eigenvalue weighted by Crippen LogP contribution is 2.35. The van der Waals surface area contributed by atoms with Crippen LogP contribution in [0.15, 0.2) is 53.5 Å². The molecule has 10 heteroatoms. The van der Waals surface area contributed by atoms with Crippen LogP contribution in [0, 0.1) is 0 Å². The molecule has 0 unspecified atom stereocenters. The lowest BCUT2D eigenvalue weighted by Crippen LogP contribution is -2.48. The van der Waals surface area contributed by atoms with Crippen molar-refractivity contribution >= 4 is 55.6 Å². The van der Waals surface area contributed by atoms with Crippen molar-refractivity contribution in [3.05, 3.63) is 59.1 Å². The van der Waals surface area contributed by atoms with Gasteiger partial charge in [-0.15, -0.1) is 0 Å². The molecule has 2 aromatic carbocycles. The Morgan fingerprint density at radius 1 is 1.06 bits per heavy atom. The predicted octanol–water partition coefficient (Wildman–Crippen LogP) is 2.98. The van der Waals surface area contributed by atoms with Gasteiger partial charge in [-0.1, -0.05) is 41.6 Å². The Morgan fingerprint density at radius 2 is 1.81 bits per heavy atom. The molecule has 2 atom stereocenters. The Hall–Kier alpha value is -2.23. The molecular formula is C22H23ClN4O3S2. The molecule has 3 aliphatic rings. The molecule has 2 aromatic rings. The molecule has 0 saturated carbocycles. The molecule has 32 heavy (non-hydrogen) atoms. The highest BCUT2D eigenvalue weighted by atomic mass is 35.5. The highest BCUT2D eigenvalue weighted by molar-refractivity contribution is 8.15. The molecule has 2 fully saturated rings. The van der Waals surface area contributed by atoms with Gasteiger partial charge in [0.1, 0.15) is 0 Å². The molecule has 7 nitrogen and oxygen atoms in total. The third kappa shape index (κ3) is 4.46. The van der Waals surface area contributed by atoms with Crippen LogP contribution in [-0.4, -0.2) is 73.4 Å². The van der Waals surface area contributed by atoms with Gasteiger partial charge in [0.25, 0.3) is 5.91 Å². The number of sulfone groups is 1. The van der Waals surface area contributed by atoms with Crippen molar-refractivity contribution in [3.8, 4) is 0 Å². The van der Waals surface area contributed by atoms with E-state index in [9.17, 15) is 13.2 Å². The van der Waals surface area contributed by atoms with Gasteiger partial charge in [-0.25, -0.2) is 8.42 Å². The van der Waals surface area contributed by atoms with Crippen LogP contribution in [0.3, 0.4) is 0 Å². The number of rotatable bonds is 3. The van der Waals surface area contributed by atoms with Crippen molar-refractivity contribution in [2.24, 2.45) is 4.99 Å². The predicted molar refractivity (Wildman–Crippen MR) is 131 cm³/mol. The summed E-state index contributed by atoms with van der Waals surface area (Å²) >= 11 is 7.79. The second-order valence-electron chi connectivity index (χ2n) is 8.17. The summed E-state index contributed by atoms with van der Waals surface area (Å²) in [6, 6.07) is 15.2. The van der Waals surface area contributed by atoms with Gasteiger partial charge in [-0.05, 0) is 30.3 Å². The smallest absolute Gasteiger partial charge is 0.254 e. The number of halogens is 1. The molecule has 168 valence electrons. The minimum atomic E-state index is -3.00. The number of hydrogen-bond donors (Lipinski definition) is 1. The standard InChI is InChI=1S/C22H23ClN4O3S2/c23-17-7-6-15(12-18(17)24-22-25-19-13-32(29,30)14-20(19)31-22)21(28)27-10-8-26(9-11-27)16-4-2-1-3-5-16/h1-7,12,19-20H,8-11,13-14H2,(H,24,25)/t19-,20+/m1/s1. The van der Waals surface area contributed by atoms with Crippen LogP contribution in [0.2, 0.25) is 5.02 Å². The average molecular weight is 491 g/mol. The third-order valence-electron chi connectivity index (χ3n) is 5.96. The number of hydrogen-bond acceptors (Lipinski definition) is 7. The summed E-state index contributed by atoms with van der Waals surface area (Å²) < 4.78 is 23.5. The number of carbonyl (C=O) groups excluding carboxylic acids is 1. The zero-order valence-corrected chi connectivity index (χ0v) is 19.7. The van der Waals surface area contributed by atoms with Gasteiger partial charge in [0, 0.05) is 42.7 Å². The van der Waals surface area contributed by atoms with Crippen molar-refractivity contribution in [2.75, 3.05) is 47.9 Å². The number of amidine groups is 1. The maximum Gasteiger partial charge on any atom is 0.254 e. The summed E-state index contributed by atoms with van der Waals surface area (Å²) in [5.41, 5.74) is 2.34. The summed E-state index contributed by atoms with van der Waals surface area (Å²) in [5.74, 6) is 0.219. The van der Waals surface area contributed by atoms with Crippen LogP contribution >= 0.6 is 23.4 Å². The van der Waals surface area contributed by atoms with E-state index in [2.05, 4.69) is 27.3 Å². The van der Waals surface area contributed by atoms with Gasteiger partial charge in [0.15, 0.2) is 15.0 Å². The summed E-state index contributed by atoms with van der Waals surface area (Å²) in [6.45, 7) is 2.88. The number of aliphatic imine (C=N–C) groups is 1. The largest absolute Gasteiger partial charge is 0.368 e. The van der Waals surface area contributed by atoms with Crippen LogP contribution in [0.1, 0.15) is 10.4 Å². The molecular weight excluding hydrogens is 468 g/mol. The van der Waals surface area contributed by atoms with Gasteiger partial charge < -0.3 is 15.1 Å². The molecule has 0 spiro atoms. The molecule has 0 bridgehead atoms. The van der Waals surface area contributed by atoms with Gasteiger partial charge in [-0.2, -0.15) is 0 Å². The van der Waals surface area contributed by atoms with E-state index in [1.54, 1.807) is 18.2 Å². The van der Waals surface area contributed by atoms with Crippen LogP contribution < -0.4 is 10.2 Å². The first-order chi connectivity index (χ1) is 15.4. The third-order valence-corrected chi connectivity index (χ3v) is 9.43. The van der Waals surface area contributed by atoms with Crippen molar-refractivity contribution in [1.29, 1.82) is 0 Å². The zero-order chi connectivity index (χ0) is 22.3. The van der Waals surface area contributed by atoms with E-state index in [4.69, 9.17) is 11.6 Å². The van der Waals surface area contributed by atoms with Crippen LogP contribution in [-0.2, 0) is 9.84 Å². The van der Waals surface area contributed by atoms with Crippen LogP contribution in [0.5, 0.6) is 0 Å². The number of para-hydroxylation sites is 1. The van der Waals surface area contributed by atoms with Gasteiger partial charge in [0.05, 0.1) is 28.3 Å². The van der Waals surface area contributed by atoms with Crippen molar-refractivity contribution in [2.45, 2.75) is 11.3 Å². The number of fused-ring (bicyclic) bond motifs is 1. The lowest BCUT2D eigenvalue weighted by Gasteiger charge is -2.36. The quantitative estimate of drug-likeness (QED) is 0.712. The normalized spacial score (nSPS) is 24.2. The summed E-state index contributed by atoms with van der Waals surface area (Å²) in [4.78, 5) is 21.8. The Balaban J connectivity index is 1.25. The monoisotopic (exact) mass is 490 g/mol. The first-order valence-electron chi connectivity index (χ1n) is 10.5. The first kappa shape index (κ1) is 21.6. The van der Waals surface area contributed by atoms with Gasteiger partial charge in [0.2, 0.25) is 0 Å². The van der Waals surface area contributed by atoms with E-state index in [0.717, 1.165) is 13.1 Å². The molecule has 3 aliphatic heterocycles. The van der Waals surface area contributed by atoms with Crippen LogP contribution in [0.4, 0.5) is 11.4 Å². The molecule has 0 aliphatic carbocycles. The Bertz CT molecular complexity index is 1160. The van der Waals surface area contributed by atoms with Crippen molar-refractivity contribution in [3.63, 3.8) is 0 Å². The maximum atomic E-state index is 13.1. The van der Waals surface area contributed by atoms with E-state index in [-0.39, 0.29) is 28.7 Å². The fourth-order valence-corrected chi connectivity index (χ4v) is 8.11. The van der Waals surface area contributed by atoms with E-state index >= 15 is 0 Å². The number of carbonyl (C=O) groups is 1. The van der Waals surface area contributed by atoms with E-state index in [0.29, 0.717) is 34.5 Å². The molecule has 0 radical (unpaired) electrons. The molecule has 2 saturated heterocycles. The van der Waals surface area contributed by atoms with E-state index < -0.39 is 9.84 Å². The second kappa shape index (κ2) is 8.61. The van der Waals surface area contributed by atoms with Gasteiger partial charge in [-0.3, -0.25) is 9.79 Å². The SMILES string of the molecule is O=C(c1ccc(Cl)c(NC2=N[C@@H]3CS(=O)(=O)C[C@@H]3S2)c1)N1CCN(c2ccccc2)CC1. The minimum Gasteiger partial charge on any atom is -0.368 e. The number of benzene rings is 2. The number of nitrogens with zero attached hydrogens (tertiary/aromatic N) is 3. The molecule has 1 N–H and O–H groups in total. The number of thioether (sulfide) groups is 1.